The lowest BCUT2D eigenvalue weighted by Gasteiger charge is -2.60. The minimum atomic E-state index is -0.520. The van der Waals surface area contributed by atoms with Crippen molar-refractivity contribution in [1.82, 2.24) is 0 Å². The summed E-state index contributed by atoms with van der Waals surface area (Å²) in [5, 5.41) is 20.9. The number of allylic oxidation sites excluding steroid dienone is 1. The van der Waals surface area contributed by atoms with Crippen LogP contribution < -0.4 is 0 Å². The monoisotopic (exact) mass is 428 g/mol. The lowest BCUT2D eigenvalue weighted by Crippen LogP contribution is -2.53. The molecule has 8 atom stereocenters. The molecule has 0 heterocycles. The molecule has 0 radical (unpaired) electrons. The minimum Gasteiger partial charge on any atom is -0.392 e. The third-order valence-corrected chi connectivity index (χ3v) is 11.6. The molecular weight excluding hydrogens is 380 g/mol. The average molecular weight is 429 g/mol. The van der Waals surface area contributed by atoms with E-state index in [4.69, 9.17) is 0 Å². The van der Waals surface area contributed by atoms with Crippen LogP contribution in [0.2, 0.25) is 0 Å². The van der Waals surface area contributed by atoms with Crippen LogP contribution in [0.15, 0.2) is 11.6 Å². The third-order valence-electron chi connectivity index (χ3n) is 11.6. The first-order chi connectivity index (χ1) is 14.5. The molecule has 0 aromatic rings. The largest absolute Gasteiger partial charge is 0.392 e. The molecule has 31 heavy (non-hydrogen) atoms. The summed E-state index contributed by atoms with van der Waals surface area (Å²) in [4.78, 5) is 0. The van der Waals surface area contributed by atoms with Crippen molar-refractivity contribution in [2.75, 3.05) is 0 Å². The van der Waals surface area contributed by atoms with E-state index in [1.54, 1.807) is 5.57 Å². The van der Waals surface area contributed by atoms with Gasteiger partial charge in [0.25, 0.3) is 0 Å². The van der Waals surface area contributed by atoms with E-state index in [1.807, 2.05) is 13.8 Å². The maximum absolute atomic E-state index is 10.8. The molecule has 176 valence electrons. The lowest BCUT2D eigenvalue weighted by atomic mass is 9.45. The van der Waals surface area contributed by atoms with Gasteiger partial charge in [-0.3, -0.25) is 0 Å². The number of rotatable bonds is 5. The van der Waals surface area contributed by atoms with Crippen molar-refractivity contribution < 1.29 is 10.2 Å². The summed E-state index contributed by atoms with van der Waals surface area (Å²) in [6.07, 6.45) is 17.6. The average Bonchev–Trinajstić information content (AvgIpc) is 3.39. The summed E-state index contributed by atoms with van der Waals surface area (Å²) in [5.41, 5.74) is 2.23. The Kier molecular flexibility index (Phi) is 5.31. The van der Waals surface area contributed by atoms with Crippen LogP contribution in [0.3, 0.4) is 0 Å². The molecule has 2 heteroatoms. The van der Waals surface area contributed by atoms with Crippen molar-refractivity contribution in [3.05, 3.63) is 11.6 Å². The maximum atomic E-state index is 10.8. The molecule has 4 fully saturated rings. The van der Waals surface area contributed by atoms with Crippen LogP contribution in [0.1, 0.15) is 112 Å². The number of hydrogen-bond donors (Lipinski definition) is 2. The predicted octanol–water partition coefficient (Wildman–Crippen LogP) is 6.89. The normalized spacial score (nSPS) is 46.7. The van der Waals surface area contributed by atoms with E-state index in [9.17, 15) is 10.2 Å². The Labute approximate surface area is 191 Å². The van der Waals surface area contributed by atoms with Gasteiger partial charge in [-0.1, -0.05) is 45.3 Å². The fraction of sp³-hybridized carbons (Fsp3) is 0.931. The Morgan fingerprint density at radius 1 is 1.03 bits per heavy atom. The van der Waals surface area contributed by atoms with Gasteiger partial charge in [-0.15, -0.1) is 0 Å². The van der Waals surface area contributed by atoms with Crippen LogP contribution in [0.4, 0.5) is 0 Å². The summed E-state index contributed by atoms with van der Waals surface area (Å²) < 4.78 is 0. The SMILES string of the molecule is C[C@H](CCCC(C)(C)O)[C@H]1CC[C@H]2[C@@H]3CC=C4C5(CC5)[C@@H](O)CC[C@]4(C)[C@H]3CC[C@]12C. The molecule has 0 unspecified atom stereocenters. The quantitative estimate of drug-likeness (QED) is 0.468. The molecule has 0 saturated heterocycles. The van der Waals surface area contributed by atoms with E-state index < -0.39 is 5.60 Å². The minimum absolute atomic E-state index is 0.0714. The van der Waals surface area contributed by atoms with Crippen molar-refractivity contribution in [3.63, 3.8) is 0 Å². The molecule has 0 amide bonds. The third kappa shape index (κ3) is 3.40. The van der Waals surface area contributed by atoms with E-state index in [2.05, 4.69) is 26.8 Å². The van der Waals surface area contributed by atoms with Gasteiger partial charge in [0.15, 0.2) is 0 Å². The fourth-order valence-corrected chi connectivity index (χ4v) is 9.85. The van der Waals surface area contributed by atoms with Crippen molar-refractivity contribution in [1.29, 1.82) is 0 Å². The molecular formula is C29H48O2. The van der Waals surface area contributed by atoms with Crippen molar-refractivity contribution in [3.8, 4) is 0 Å². The van der Waals surface area contributed by atoms with Crippen LogP contribution >= 0.6 is 0 Å². The number of aliphatic hydroxyl groups is 2. The second kappa shape index (κ2) is 7.33. The van der Waals surface area contributed by atoms with E-state index in [0.717, 1.165) is 48.9 Å². The molecule has 0 aromatic heterocycles. The van der Waals surface area contributed by atoms with Crippen molar-refractivity contribution in [2.45, 2.75) is 123 Å². The Morgan fingerprint density at radius 2 is 1.77 bits per heavy atom. The second-order valence-corrected chi connectivity index (χ2v) is 13.8. The van der Waals surface area contributed by atoms with Crippen molar-refractivity contribution >= 4 is 0 Å². The highest BCUT2D eigenvalue weighted by Crippen LogP contribution is 2.72. The number of aliphatic hydroxyl groups excluding tert-OH is 1. The first-order valence-electron chi connectivity index (χ1n) is 13.6. The molecule has 5 aliphatic carbocycles. The zero-order valence-corrected chi connectivity index (χ0v) is 20.9. The van der Waals surface area contributed by atoms with E-state index in [0.29, 0.717) is 10.8 Å². The summed E-state index contributed by atoms with van der Waals surface area (Å²) in [6, 6.07) is 0. The summed E-state index contributed by atoms with van der Waals surface area (Å²) in [5.74, 6) is 4.25. The van der Waals surface area contributed by atoms with Gasteiger partial charge in [-0.25, -0.2) is 0 Å². The molecule has 5 aliphatic rings. The summed E-state index contributed by atoms with van der Waals surface area (Å²) in [7, 11) is 0. The van der Waals surface area contributed by atoms with Gasteiger partial charge >= 0.3 is 0 Å². The number of hydrogen-bond acceptors (Lipinski definition) is 2. The van der Waals surface area contributed by atoms with Gasteiger partial charge in [0, 0.05) is 5.41 Å². The lowest BCUT2D eigenvalue weighted by molar-refractivity contribution is -0.0692. The highest BCUT2D eigenvalue weighted by atomic mass is 16.3. The highest BCUT2D eigenvalue weighted by Gasteiger charge is 2.65. The number of fused-ring (bicyclic) bond motifs is 6. The van der Waals surface area contributed by atoms with E-state index in [-0.39, 0.29) is 11.5 Å². The van der Waals surface area contributed by atoms with Crippen molar-refractivity contribution in [2.24, 2.45) is 45.8 Å². The Balaban J connectivity index is 1.33. The van der Waals surface area contributed by atoms with Crippen LogP contribution in [-0.2, 0) is 0 Å². The molecule has 5 rings (SSSR count). The zero-order chi connectivity index (χ0) is 22.2. The zero-order valence-electron chi connectivity index (χ0n) is 20.9. The Hall–Kier alpha value is -0.340. The molecule has 2 nitrogen and oxygen atoms in total. The molecule has 0 bridgehead atoms. The molecule has 0 aromatic carbocycles. The van der Waals surface area contributed by atoms with E-state index >= 15 is 0 Å². The molecule has 1 spiro atoms. The maximum Gasteiger partial charge on any atom is 0.0634 e. The smallest absolute Gasteiger partial charge is 0.0634 e. The first-order valence-corrected chi connectivity index (χ1v) is 13.6. The van der Waals surface area contributed by atoms with Gasteiger partial charge in [-0.2, -0.15) is 0 Å². The first kappa shape index (κ1) is 22.5. The summed E-state index contributed by atoms with van der Waals surface area (Å²) in [6.45, 7) is 11.7. The van der Waals surface area contributed by atoms with Crippen LogP contribution in [0.25, 0.3) is 0 Å². The highest BCUT2D eigenvalue weighted by molar-refractivity contribution is 5.36. The summed E-state index contributed by atoms with van der Waals surface area (Å²) >= 11 is 0. The van der Waals surface area contributed by atoms with Gasteiger partial charge in [0.1, 0.15) is 0 Å². The molecule has 4 saturated carbocycles. The van der Waals surface area contributed by atoms with Gasteiger partial charge in [0.05, 0.1) is 11.7 Å². The second-order valence-electron chi connectivity index (χ2n) is 13.8. The predicted molar refractivity (Wildman–Crippen MR) is 128 cm³/mol. The fourth-order valence-electron chi connectivity index (χ4n) is 9.85. The van der Waals surface area contributed by atoms with Crippen LogP contribution in [0.5, 0.6) is 0 Å². The van der Waals surface area contributed by atoms with Gasteiger partial charge < -0.3 is 10.2 Å². The molecule has 2 N–H and O–H groups in total. The van der Waals surface area contributed by atoms with Gasteiger partial charge in [-0.05, 0) is 118 Å². The topological polar surface area (TPSA) is 40.5 Å². The standard InChI is InChI=1S/C29H48O2/c1-19(7-6-14-26(2,3)31)21-9-10-22-20-8-11-24-28(5,23(20)12-15-27(21,22)4)16-13-25(30)29(24)17-18-29/h11,19-23,25,30-31H,6-10,12-18H2,1-5H3/t19-,20+,21-,22+,23+,25+,27-,28-/m1/s1. The molecule has 0 aliphatic heterocycles. The van der Waals surface area contributed by atoms with Crippen LogP contribution in [-0.4, -0.2) is 21.9 Å². The Bertz CT molecular complexity index is 728. The van der Waals surface area contributed by atoms with E-state index in [1.165, 1.54) is 57.8 Å². The Morgan fingerprint density at radius 3 is 2.45 bits per heavy atom. The van der Waals surface area contributed by atoms with Gasteiger partial charge in [0.2, 0.25) is 0 Å². The van der Waals surface area contributed by atoms with Crippen LogP contribution in [0, 0.1) is 45.8 Å².